The van der Waals surface area contributed by atoms with E-state index in [2.05, 4.69) is 5.32 Å². The molecule has 0 aromatic heterocycles. The lowest BCUT2D eigenvalue weighted by molar-refractivity contribution is -0.126. The van der Waals surface area contributed by atoms with Gasteiger partial charge in [0, 0.05) is 17.2 Å². The van der Waals surface area contributed by atoms with Gasteiger partial charge in [-0.2, -0.15) is 4.31 Å². The Morgan fingerprint density at radius 3 is 2.69 bits per heavy atom. The molecular formula is C21H23FN2O3S2. The molecule has 2 heterocycles. The Kier molecular flexibility index (Phi) is 5.94. The quantitative estimate of drug-likeness (QED) is 0.797. The fraction of sp³-hybridized carbons (Fsp3) is 0.381. The minimum absolute atomic E-state index is 0.196. The molecular weight excluding hydrogens is 411 g/mol. The van der Waals surface area contributed by atoms with Crippen LogP contribution < -0.4 is 5.32 Å². The molecule has 2 unspecified atom stereocenters. The molecule has 0 radical (unpaired) electrons. The van der Waals surface area contributed by atoms with Crippen LogP contribution in [0.3, 0.4) is 0 Å². The Bertz CT molecular complexity index is 998. The summed E-state index contributed by atoms with van der Waals surface area (Å²) >= 11 is 1.64. The van der Waals surface area contributed by atoms with Gasteiger partial charge in [0.15, 0.2) is 0 Å². The van der Waals surface area contributed by atoms with Crippen molar-refractivity contribution in [3.8, 4) is 0 Å². The highest BCUT2D eigenvalue weighted by molar-refractivity contribution is 7.99. The molecule has 2 atom stereocenters. The Balaban J connectivity index is 1.57. The van der Waals surface area contributed by atoms with Crippen LogP contribution in [0.1, 0.15) is 37.3 Å². The van der Waals surface area contributed by atoms with E-state index in [0.717, 1.165) is 29.1 Å². The second-order valence-electron chi connectivity index (χ2n) is 7.32. The Morgan fingerprint density at radius 1 is 1.10 bits per heavy atom. The number of halogens is 1. The number of hydrogen-bond donors (Lipinski definition) is 1. The third-order valence-electron chi connectivity index (χ3n) is 5.43. The van der Waals surface area contributed by atoms with E-state index in [4.69, 9.17) is 0 Å². The molecule has 154 valence electrons. The average Bonchev–Trinajstić information content (AvgIpc) is 2.75. The van der Waals surface area contributed by atoms with Crippen LogP contribution >= 0.6 is 11.8 Å². The number of fused-ring (bicyclic) bond motifs is 1. The molecule has 2 aliphatic rings. The number of rotatable bonds is 4. The molecule has 1 amide bonds. The topological polar surface area (TPSA) is 66.5 Å². The van der Waals surface area contributed by atoms with Gasteiger partial charge in [0.1, 0.15) is 11.9 Å². The number of benzene rings is 2. The van der Waals surface area contributed by atoms with E-state index in [1.165, 1.54) is 16.4 Å². The van der Waals surface area contributed by atoms with E-state index in [1.807, 2.05) is 0 Å². The molecule has 5 nitrogen and oxygen atoms in total. The molecule has 0 saturated carbocycles. The molecule has 29 heavy (non-hydrogen) atoms. The van der Waals surface area contributed by atoms with Crippen LogP contribution in [0, 0.1) is 5.82 Å². The van der Waals surface area contributed by atoms with Crippen molar-refractivity contribution in [1.82, 2.24) is 9.62 Å². The summed E-state index contributed by atoms with van der Waals surface area (Å²) in [5.74, 6) is 0.174. The van der Waals surface area contributed by atoms with Crippen LogP contribution in [-0.4, -0.2) is 37.0 Å². The van der Waals surface area contributed by atoms with E-state index < -0.39 is 16.1 Å². The highest BCUT2D eigenvalue weighted by atomic mass is 32.2. The highest BCUT2D eigenvalue weighted by Gasteiger charge is 2.38. The van der Waals surface area contributed by atoms with Crippen LogP contribution in [0.4, 0.5) is 4.39 Å². The zero-order valence-corrected chi connectivity index (χ0v) is 17.5. The van der Waals surface area contributed by atoms with Crippen molar-refractivity contribution < 1.29 is 17.6 Å². The minimum Gasteiger partial charge on any atom is -0.348 e. The van der Waals surface area contributed by atoms with Gasteiger partial charge < -0.3 is 5.32 Å². The molecule has 2 aliphatic heterocycles. The first kappa shape index (κ1) is 20.4. The number of nitrogens with one attached hydrogen (secondary N) is 1. The van der Waals surface area contributed by atoms with E-state index in [0.29, 0.717) is 19.4 Å². The maximum atomic E-state index is 13.8. The van der Waals surface area contributed by atoms with E-state index >= 15 is 0 Å². The maximum absolute atomic E-state index is 13.8. The summed E-state index contributed by atoms with van der Waals surface area (Å²) < 4.78 is 41.3. The lowest BCUT2D eigenvalue weighted by Crippen LogP contribution is -2.52. The highest BCUT2D eigenvalue weighted by Crippen LogP contribution is 2.37. The summed E-state index contributed by atoms with van der Waals surface area (Å²) in [5.41, 5.74) is 0.767. The fourth-order valence-electron chi connectivity index (χ4n) is 3.97. The average molecular weight is 435 g/mol. The normalized spacial score (nSPS) is 22.7. The molecule has 1 N–H and O–H groups in total. The number of amides is 1. The van der Waals surface area contributed by atoms with Gasteiger partial charge in [-0.25, -0.2) is 12.8 Å². The van der Waals surface area contributed by atoms with Crippen LogP contribution in [0.5, 0.6) is 0 Å². The minimum atomic E-state index is -3.76. The second kappa shape index (κ2) is 8.45. The lowest BCUT2D eigenvalue weighted by Gasteiger charge is -2.35. The Hall–Kier alpha value is -1.90. The van der Waals surface area contributed by atoms with E-state index in [1.54, 1.807) is 48.2 Å². The van der Waals surface area contributed by atoms with E-state index in [9.17, 15) is 17.6 Å². The van der Waals surface area contributed by atoms with Gasteiger partial charge in [0.2, 0.25) is 15.9 Å². The van der Waals surface area contributed by atoms with Crippen molar-refractivity contribution in [3.63, 3.8) is 0 Å². The summed E-state index contributed by atoms with van der Waals surface area (Å²) in [6.45, 7) is 0.320. The molecule has 1 fully saturated rings. The van der Waals surface area contributed by atoms with Gasteiger partial charge in [-0.05, 0) is 55.2 Å². The van der Waals surface area contributed by atoms with Gasteiger partial charge in [0.25, 0.3) is 0 Å². The van der Waals surface area contributed by atoms with Gasteiger partial charge in [-0.1, -0.05) is 24.6 Å². The third-order valence-corrected chi connectivity index (χ3v) is 8.48. The number of thioether (sulfide) groups is 1. The van der Waals surface area contributed by atoms with Crippen molar-refractivity contribution in [2.75, 3.05) is 12.3 Å². The molecule has 1 saturated heterocycles. The second-order valence-corrected chi connectivity index (χ2v) is 10.3. The fourth-order valence-corrected chi connectivity index (χ4v) is 6.75. The monoisotopic (exact) mass is 434 g/mol. The number of piperidine rings is 1. The zero-order valence-electron chi connectivity index (χ0n) is 15.9. The van der Waals surface area contributed by atoms with E-state index in [-0.39, 0.29) is 22.7 Å². The summed E-state index contributed by atoms with van der Waals surface area (Å²) in [5, 5.41) is 3.00. The smallest absolute Gasteiger partial charge is 0.243 e. The van der Waals surface area contributed by atoms with Crippen LogP contribution in [-0.2, 0) is 14.8 Å². The van der Waals surface area contributed by atoms with Crippen molar-refractivity contribution >= 4 is 27.7 Å². The van der Waals surface area contributed by atoms with Crippen LogP contribution in [0.25, 0.3) is 0 Å². The van der Waals surface area contributed by atoms with Gasteiger partial charge >= 0.3 is 0 Å². The van der Waals surface area contributed by atoms with Gasteiger partial charge in [-0.3, -0.25) is 4.79 Å². The van der Waals surface area contributed by atoms with Gasteiger partial charge in [0.05, 0.1) is 10.9 Å². The molecule has 8 heteroatoms. The first-order chi connectivity index (χ1) is 14.0. The van der Waals surface area contributed by atoms with Crippen molar-refractivity contribution in [1.29, 1.82) is 0 Å². The Labute approximate surface area is 174 Å². The van der Waals surface area contributed by atoms with Crippen molar-refractivity contribution in [3.05, 3.63) is 59.9 Å². The van der Waals surface area contributed by atoms with Crippen molar-refractivity contribution in [2.45, 2.75) is 47.6 Å². The molecule has 4 rings (SSSR count). The predicted molar refractivity (Wildman–Crippen MR) is 111 cm³/mol. The lowest BCUT2D eigenvalue weighted by atomic mass is 10.0. The maximum Gasteiger partial charge on any atom is 0.243 e. The van der Waals surface area contributed by atoms with Gasteiger partial charge in [-0.15, -0.1) is 11.8 Å². The number of carbonyl (C=O) groups is 1. The molecule has 2 aromatic carbocycles. The Morgan fingerprint density at radius 2 is 1.90 bits per heavy atom. The van der Waals surface area contributed by atoms with Crippen molar-refractivity contribution in [2.24, 2.45) is 0 Å². The summed E-state index contributed by atoms with van der Waals surface area (Å²) in [7, 11) is -3.76. The van der Waals surface area contributed by atoms with Crippen LogP contribution in [0.15, 0.2) is 58.3 Å². The first-order valence-corrected chi connectivity index (χ1v) is 12.2. The summed E-state index contributed by atoms with van der Waals surface area (Å²) in [6.07, 6.45) is 2.69. The summed E-state index contributed by atoms with van der Waals surface area (Å²) in [6, 6.07) is 11.8. The number of hydrogen-bond acceptors (Lipinski definition) is 4. The standard InChI is InChI=1S/C21H23FN2O3S2/c22-15-9-10-20-17(14-15)18(11-13-28-20)23-21(25)19-8-4-5-12-24(19)29(26,27)16-6-2-1-3-7-16/h1-3,6-7,9-10,14,18-19H,4-5,8,11-13H2,(H,23,25). The SMILES string of the molecule is O=C(NC1CCSc2ccc(F)cc21)C1CCCCN1S(=O)(=O)c1ccccc1. The summed E-state index contributed by atoms with van der Waals surface area (Å²) in [4.78, 5) is 14.3. The molecule has 0 aliphatic carbocycles. The third kappa shape index (κ3) is 4.20. The predicted octanol–water partition coefficient (Wildman–Crippen LogP) is 3.72. The number of nitrogens with zero attached hydrogens (tertiary/aromatic N) is 1. The molecule has 0 bridgehead atoms. The van der Waals surface area contributed by atoms with Crippen LogP contribution in [0.2, 0.25) is 0 Å². The number of carbonyl (C=O) groups excluding carboxylic acids is 1. The largest absolute Gasteiger partial charge is 0.348 e. The zero-order chi connectivity index (χ0) is 20.4. The molecule has 0 spiro atoms. The number of sulfonamides is 1. The molecule has 2 aromatic rings. The first-order valence-electron chi connectivity index (χ1n) is 9.76.